The predicted octanol–water partition coefficient (Wildman–Crippen LogP) is 2.58. The van der Waals surface area contributed by atoms with E-state index in [0.29, 0.717) is 5.56 Å². The molecule has 1 aliphatic rings. The zero-order valence-corrected chi connectivity index (χ0v) is 9.14. The average Bonchev–Trinajstić information content (AvgIpc) is 2.17. The number of benzene rings is 1. The number of ether oxygens (including phenoxy) is 1. The van der Waals surface area contributed by atoms with Crippen LogP contribution in [0.15, 0.2) is 18.2 Å². The molecule has 15 heavy (non-hydrogen) atoms. The molecule has 82 valence electrons. The number of hydrogen-bond donors (Lipinski definition) is 1. The highest BCUT2D eigenvalue weighted by Crippen LogP contribution is 2.27. The van der Waals surface area contributed by atoms with Crippen molar-refractivity contribution in [3.05, 3.63) is 29.6 Å². The lowest BCUT2D eigenvalue weighted by molar-refractivity contribution is -0.0924. The van der Waals surface area contributed by atoms with Crippen LogP contribution in [-0.2, 0) is 4.74 Å². The fourth-order valence-electron chi connectivity index (χ4n) is 1.66. The maximum absolute atomic E-state index is 13.2. The third kappa shape index (κ3) is 2.12. The molecule has 0 aliphatic carbocycles. The topological polar surface area (TPSA) is 21.3 Å². The van der Waals surface area contributed by atoms with Crippen LogP contribution >= 0.6 is 0 Å². The van der Waals surface area contributed by atoms with E-state index in [4.69, 9.17) is 4.74 Å². The Bertz CT molecular complexity index is 361. The summed E-state index contributed by atoms with van der Waals surface area (Å²) in [6, 6.07) is 5.11. The quantitative estimate of drug-likeness (QED) is 0.826. The molecule has 0 radical (unpaired) electrons. The Morgan fingerprint density at radius 3 is 2.80 bits per heavy atom. The van der Waals surface area contributed by atoms with Gasteiger partial charge in [-0.1, -0.05) is 13.0 Å². The molecule has 1 heterocycles. The standard InChI is InChI=1S/C12H16FNO/c1-9-10(13)4-3-5-11(9)14-6-12(2)7-15-8-12/h3-5,14H,6-8H2,1-2H3. The average molecular weight is 209 g/mol. The van der Waals surface area contributed by atoms with Crippen LogP contribution in [0.5, 0.6) is 0 Å². The van der Waals surface area contributed by atoms with E-state index in [0.717, 1.165) is 25.4 Å². The summed E-state index contributed by atoms with van der Waals surface area (Å²) in [6.45, 7) is 6.36. The van der Waals surface area contributed by atoms with E-state index in [1.807, 2.05) is 6.07 Å². The van der Waals surface area contributed by atoms with Gasteiger partial charge in [0.25, 0.3) is 0 Å². The number of anilines is 1. The molecule has 1 aromatic rings. The molecule has 1 fully saturated rings. The van der Waals surface area contributed by atoms with Gasteiger partial charge in [0.1, 0.15) is 5.82 Å². The predicted molar refractivity (Wildman–Crippen MR) is 58.6 cm³/mol. The molecule has 0 saturated carbocycles. The summed E-state index contributed by atoms with van der Waals surface area (Å²) >= 11 is 0. The Morgan fingerprint density at radius 1 is 1.47 bits per heavy atom. The van der Waals surface area contributed by atoms with E-state index in [1.165, 1.54) is 6.07 Å². The highest BCUT2D eigenvalue weighted by Gasteiger charge is 2.33. The van der Waals surface area contributed by atoms with Gasteiger partial charge in [-0.05, 0) is 19.1 Å². The van der Waals surface area contributed by atoms with Crippen molar-refractivity contribution in [2.75, 3.05) is 25.1 Å². The van der Waals surface area contributed by atoms with E-state index in [1.54, 1.807) is 13.0 Å². The van der Waals surface area contributed by atoms with Crippen molar-refractivity contribution < 1.29 is 9.13 Å². The molecule has 0 atom stereocenters. The van der Waals surface area contributed by atoms with Gasteiger partial charge in [-0.15, -0.1) is 0 Å². The third-order valence-electron chi connectivity index (χ3n) is 2.87. The van der Waals surface area contributed by atoms with Crippen LogP contribution in [0, 0.1) is 18.2 Å². The van der Waals surface area contributed by atoms with E-state index < -0.39 is 0 Å². The van der Waals surface area contributed by atoms with Crippen LogP contribution in [0.2, 0.25) is 0 Å². The first-order chi connectivity index (χ1) is 7.11. The second kappa shape index (κ2) is 3.81. The van der Waals surface area contributed by atoms with Crippen molar-refractivity contribution in [1.29, 1.82) is 0 Å². The van der Waals surface area contributed by atoms with Crippen LogP contribution in [0.1, 0.15) is 12.5 Å². The fourth-order valence-corrected chi connectivity index (χ4v) is 1.66. The smallest absolute Gasteiger partial charge is 0.128 e. The molecule has 1 saturated heterocycles. The lowest BCUT2D eigenvalue weighted by Crippen LogP contribution is -2.45. The lowest BCUT2D eigenvalue weighted by Gasteiger charge is -2.38. The largest absolute Gasteiger partial charge is 0.384 e. The van der Waals surface area contributed by atoms with Crippen molar-refractivity contribution in [3.8, 4) is 0 Å². The van der Waals surface area contributed by atoms with Crippen LogP contribution in [0.4, 0.5) is 10.1 Å². The van der Waals surface area contributed by atoms with Crippen molar-refractivity contribution in [2.24, 2.45) is 5.41 Å². The van der Waals surface area contributed by atoms with Crippen LogP contribution in [-0.4, -0.2) is 19.8 Å². The summed E-state index contributed by atoms with van der Waals surface area (Å²) in [6.07, 6.45) is 0. The SMILES string of the molecule is Cc1c(F)cccc1NCC1(C)COC1. The maximum Gasteiger partial charge on any atom is 0.128 e. The van der Waals surface area contributed by atoms with Crippen molar-refractivity contribution in [2.45, 2.75) is 13.8 Å². The summed E-state index contributed by atoms with van der Waals surface area (Å²) in [4.78, 5) is 0. The highest BCUT2D eigenvalue weighted by molar-refractivity contribution is 5.51. The summed E-state index contributed by atoms with van der Waals surface area (Å²) in [5, 5.41) is 3.28. The molecule has 0 aromatic heterocycles. The molecule has 0 bridgehead atoms. The summed E-state index contributed by atoms with van der Waals surface area (Å²) in [5.41, 5.74) is 1.77. The minimum Gasteiger partial charge on any atom is -0.384 e. The normalized spacial score (nSPS) is 18.3. The van der Waals surface area contributed by atoms with Crippen molar-refractivity contribution in [3.63, 3.8) is 0 Å². The minimum atomic E-state index is -0.157. The monoisotopic (exact) mass is 209 g/mol. The molecular weight excluding hydrogens is 193 g/mol. The van der Waals surface area contributed by atoms with Gasteiger partial charge in [-0.2, -0.15) is 0 Å². The molecule has 2 nitrogen and oxygen atoms in total. The Kier molecular flexibility index (Phi) is 2.65. The molecule has 2 rings (SSSR count). The van der Waals surface area contributed by atoms with Gasteiger partial charge in [0, 0.05) is 23.2 Å². The molecule has 1 aliphatic heterocycles. The molecule has 3 heteroatoms. The highest BCUT2D eigenvalue weighted by atomic mass is 19.1. The first kappa shape index (κ1) is 10.4. The minimum absolute atomic E-state index is 0.157. The van der Waals surface area contributed by atoms with Gasteiger partial charge < -0.3 is 10.1 Å². The van der Waals surface area contributed by atoms with Crippen molar-refractivity contribution in [1.82, 2.24) is 0 Å². The Labute approximate surface area is 89.4 Å². The van der Waals surface area contributed by atoms with E-state index in [-0.39, 0.29) is 11.2 Å². The number of nitrogens with one attached hydrogen (secondary N) is 1. The van der Waals surface area contributed by atoms with Crippen LogP contribution in [0.25, 0.3) is 0 Å². The van der Waals surface area contributed by atoms with Gasteiger partial charge >= 0.3 is 0 Å². The summed E-state index contributed by atoms with van der Waals surface area (Å²) in [5.74, 6) is -0.157. The fraction of sp³-hybridized carbons (Fsp3) is 0.500. The molecule has 0 unspecified atom stereocenters. The Balaban J connectivity index is 2.01. The number of halogens is 1. The first-order valence-electron chi connectivity index (χ1n) is 5.17. The van der Waals surface area contributed by atoms with Gasteiger partial charge in [0.05, 0.1) is 13.2 Å². The Hall–Kier alpha value is -1.09. The second-order valence-corrected chi connectivity index (χ2v) is 4.57. The first-order valence-corrected chi connectivity index (χ1v) is 5.17. The lowest BCUT2D eigenvalue weighted by atomic mass is 9.88. The summed E-state index contributed by atoms with van der Waals surface area (Å²) < 4.78 is 18.4. The molecule has 1 N–H and O–H groups in total. The number of hydrogen-bond acceptors (Lipinski definition) is 2. The third-order valence-corrected chi connectivity index (χ3v) is 2.87. The van der Waals surface area contributed by atoms with Crippen LogP contribution < -0.4 is 5.32 Å². The zero-order chi connectivity index (χ0) is 10.9. The maximum atomic E-state index is 13.2. The zero-order valence-electron chi connectivity index (χ0n) is 9.14. The summed E-state index contributed by atoms with van der Waals surface area (Å²) in [7, 11) is 0. The van der Waals surface area contributed by atoms with Gasteiger partial charge in [0.15, 0.2) is 0 Å². The number of rotatable bonds is 3. The molecule has 1 aromatic carbocycles. The van der Waals surface area contributed by atoms with E-state index in [9.17, 15) is 4.39 Å². The van der Waals surface area contributed by atoms with E-state index >= 15 is 0 Å². The van der Waals surface area contributed by atoms with Crippen molar-refractivity contribution >= 4 is 5.69 Å². The molecular formula is C12H16FNO. The molecule has 0 amide bonds. The van der Waals surface area contributed by atoms with Gasteiger partial charge in [0.2, 0.25) is 0 Å². The van der Waals surface area contributed by atoms with Gasteiger partial charge in [-0.25, -0.2) is 4.39 Å². The Morgan fingerprint density at radius 2 is 2.20 bits per heavy atom. The molecule has 0 spiro atoms. The van der Waals surface area contributed by atoms with Gasteiger partial charge in [-0.3, -0.25) is 0 Å². The second-order valence-electron chi connectivity index (χ2n) is 4.57. The van der Waals surface area contributed by atoms with Crippen LogP contribution in [0.3, 0.4) is 0 Å². The van der Waals surface area contributed by atoms with E-state index in [2.05, 4.69) is 12.2 Å².